The lowest BCUT2D eigenvalue weighted by atomic mass is 9.78. The molecule has 1 atom stereocenters. The molecule has 1 rings (SSSR count). The van der Waals surface area contributed by atoms with E-state index in [1.54, 1.807) is 0 Å². The predicted molar refractivity (Wildman–Crippen MR) is 62.5 cm³/mol. The fourth-order valence-corrected chi connectivity index (χ4v) is 2.09. The van der Waals surface area contributed by atoms with Gasteiger partial charge in [-0.3, -0.25) is 4.79 Å². The van der Waals surface area contributed by atoms with Crippen molar-refractivity contribution in [3.63, 3.8) is 0 Å². The summed E-state index contributed by atoms with van der Waals surface area (Å²) < 4.78 is 5.46. The summed E-state index contributed by atoms with van der Waals surface area (Å²) in [5, 5.41) is 12.5. The normalized spacial score (nSPS) is 25.6. The number of carboxylic acids is 1. The first-order valence-corrected chi connectivity index (χ1v) is 6.23. The summed E-state index contributed by atoms with van der Waals surface area (Å²) in [7, 11) is 0. The van der Waals surface area contributed by atoms with E-state index in [-0.39, 0.29) is 0 Å². The molecule has 1 aliphatic rings. The monoisotopic (exact) mass is 229 g/mol. The lowest BCUT2D eigenvalue weighted by Gasteiger charge is -2.33. The molecule has 0 aromatic rings. The summed E-state index contributed by atoms with van der Waals surface area (Å²) in [5.74, 6) is -0.682. The van der Waals surface area contributed by atoms with Gasteiger partial charge in [0, 0.05) is 19.8 Å². The van der Waals surface area contributed by atoms with Crippen LogP contribution < -0.4 is 5.32 Å². The molecule has 1 heterocycles. The Bertz CT molecular complexity index is 212. The van der Waals surface area contributed by atoms with Gasteiger partial charge < -0.3 is 15.2 Å². The van der Waals surface area contributed by atoms with Crippen LogP contribution in [0.1, 0.15) is 39.0 Å². The van der Waals surface area contributed by atoms with Crippen molar-refractivity contribution >= 4 is 5.97 Å². The second kappa shape index (κ2) is 6.86. The molecule has 0 aliphatic carbocycles. The molecule has 94 valence electrons. The summed E-state index contributed by atoms with van der Waals surface area (Å²) in [6.45, 7) is 4.95. The zero-order chi connectivity index (χ0) is 11.9. The van der Waals surface area contributed by atoms with Crippen LogP contribution in [0.3, 0.4) is 0 Å². The number of hydrogen-bond donors (Lipinski definition) is 2. The molecule has 0 amide bonds. The lowest BCUT2D eigenvalue weighted by molar-refractivity contribution is -0.151. The maximum Gasteiger partial charge on any atom is 0.311 e. The Morgan fingerprint density at radius 3 is 2.88 bits per heavy atom. The summed E-state index contributed by atoms with van der Waals surface area (Å²) in [5.41, 5.74) is -0.593. The van der Waals surface area contributed by atoms with Crippen LogP contribution in [0, 0.1) is 5.41 Å². The Hall–Kier alpha value is -0.610. The summed E-state index contributed by atoms with van der Waals surface area (Å²) in [4.78, 5) is 11.3. The maximum absolute atomic E-state index is 11.3. The number of carbonyl (C=O) groups is 1. The van der Waals surface area contributed by atoms with Crippen LogP contribution in [0.2, 0.25) is 0 Å². The summed E-state index contributed by atoms with van der Waals surface area (Å²) >= 11 is 0. The molecule has 4 heteroatoms. The van der Waals surface area contributed by atoms with Crippen LogP contribution in [-0.2, 0) is 9.53 Å². The Morgan fingerprint density at radius 1 is 1.50 bits per heavy atom. The van der Waals surface area contributed by atoms with Crippen molar-refractivity contribution in [2.75, 3.05) is 26.3 Å². The Balaban J connectivity index is 2.30. The largest absolute Gasteiger partial charge is 0.481 e. The topological polar surface area (TPSA) is 58.6 Å². The van der Waals surface area contributed by atoms with E-state index in [2.05, 4.69) is 12.2 Å². The minimum Gasteiger partial charge on any atom is -0.481 e. The highest BCUT2D eigenvalue weighted by Gasteiger charge is 2.39. The molecular weight excluding hydrogens is 206 g/mol. The summed E-state index contributed by atoms with van der Waals surface area (Å²) in [6, 6.07) is 0. The van der Waals surface area contributed by atoms with E-state index in [9.17, 15) is 9.90 Å². The van der Waals surface area contributed by atoms with Crippen LogP contribution in [0.15, 0.2) is 0 Å². The Morgan fingerprint density at radius 2 is 2.31 bits per heavy atom. The van der Waals surface area contributed by atoms with Crippen molar-refractivity contribution in [2.45, 2.75) is 39.0 Å². The van der Waals surface area contributed by atoms with E-state index in [1.165, 1.54) is 0 Å². The smallest absolute Gasteiger partial charge is 0.311 e. The van der Waals surface area contributed by atoms with Gasteiger partial charge in [0.1, 0.15) is 0 Å². The Labute approximate surface area is 97.4 Å². The minimum atomic E-state index is -0.682. The van der Waals surface area contributed by atoms with Gasteiger partial charge in [-0.1, -0.05) is 13.3 Å². The van der Waals surface area contributed by atoms with Crippen LogP contribution in [0.5, 0.6) is 0 Å². The Kier molecular flexibility index (Phi) is 5.77. The predicted octanol–water partition coefficient (Wildman–Crippen LogP) is 1.65. The molecule has 1 aliphatic heterocycles. The molecule has 0 aromatic carbocycles. The zero-order valence-corrected chi connectivity index (χ0v) is 10.1. The highest BCUT2D eigenvalue weighted by Crippen LogP contribution is 2.30. The van der Waals surface area contributed by atoms with Crippen molar-refractivity contribution in [3.8, 4) is 0 Å². The van der Waals surface area contributed by atoms with E-state index < -0.39 is 11.4 Å². The minimum absolute atomic E-state index is 0.563. The molecule has 0 bridgehead atoms. The number of hydrogen-bond acceptors (Lipinski definition) is 3. The van der Waals surface area contributed by atoms with Gasteiger partial charge in [0.2, 0.25) is 0 Å². The molecule has 1 saturated heterocycles. The highest BCUT2D eigenvalue weighted by atomic mass is 16.5. The average Bonchev–Trinajstić information content (AvgIpc) is 2.30. The van der Waals surface area contributed by atoms with Gasteiger partial charge >= 0.3 is 5.97 Å². The van der Waals surface area contributed by atoms with Gasteiger partial charge in [0.15, 0.2) is 0 Å². The molecule has 4 nitrogen and oxygen atoms in total. The van der Waals surface area contributed by atoms with Gasteiger partial charge in [-0.05, 0) is 32.2 Å². The fourth-order valence-electron chi connectivity index (χ4n) is 2.09. The fraction of sp³-hybridized carbons (Fsp3) is 0.917. The van der Waals surface area contributed by atoms with Crippen LogP contribution in [-0.4, -0.2) is 37.4 Å². The average molecular weight is 229 g/mol. The number of unbranched alkanes of at least 4 members (excludes halogenated alkanes) is 1. The van der Waals surface area contributed by atoms with Crippen LogP contribution in [0.25, 0.3) is 0 Å². The van der Waals surface area contributed by atoms with Crippen molar-refractivity contribution in [2.24, 2.45) is 5.41 Å². The number of piperidine rings is 1. The number of carboxylic acid groups (broad SMARTS) is 1. The van der Waals surface area contributed by atoms with E-state index in [1.807, 2.05) is 0 Å². The van der Waals surface area contributed by atoms with Crippen LogP contribution in [0.4, 0.5) is 0 Å². The third kappa shape index (κ3) is 3.76. The maximum atomic E-state index is 11.3. The molecule has 1 fully saturated rings. The van der Waals surface area contributed by atoms with Crippen molar-refractivity contribution in [1.82, 2.24) is 5.32 Å². The van der Waals surface area contributed by atoms with E-state index in [4.69, 9.17) is 4.74 Å². The van der Waals surface area contributed by atoms with Gasteiger partial charge in [-0.2, -0.15) is 0 Å². The van der Waals surface area contributed by atoms with Gasteiger partial charge in [0.05, 0.1) is 5.41 Å². The lowest BCUT2D eigenvalue weighted by Crippen LogP contribution is -2.46. The first-order chi connectivity index (χ1) is 7.71. The van der Waals surface area contributed by atoms with Crippen molar-refractivity contribution < 1.29 is 14.6 Å². The van der Waals surface area contributed by atoms with E-state index in [0.29, 0.717) is 19.6 Å². The third-order valence-electron chi connectivity index (χ3n) is 3.29. The second-order valence-electron chi connectivity index (χ2n) is 4.58. The molecule has 0 spiro atoms. The number of ether oxygens (including phenoxy) is 1. The molecule has 0 saturated carbocycles. The van der Waals surface area contributed by atoms with E-state index in [0.717, 1.165) is 38.8 Å². The van der Waals surface area contributed by atoms with Crippen molar-refractivity contribution in [3.05, 3.63) is 0 Å². The molecule has 16 heavy (non-hydrogen) atoms. The van der Waals surface area contributed by atoms with Gasteiger partial charge in [0.25, 0.3) is 0 Å². The zero-order valence-electron chi connectivity index (χ0n) is 10.1. The SMILES string of the molecule is CCCCOCCC1(C(=O)O)CCCNC1. The third-order valence-corrected chi connectivity index (χ3v) is 3.29. The standard InChI is InChI=1S/C12H23NO3/c1-2-3-8-16-9-6-12(11(14)15)5-4-7-13-10-12/h13H,2-10H2,1H3,(H,14,15). The quantitative estimate of drug-likeness (QED) is 0.652. The first kappa shape index (κ1) is 13.5. The van der Waals surface area contributed by atoms with Crippen molar-refractivity contribution in [1.29, 1.82) is 0 Å². The number of aliphatic carboxylic acids is 1. The van der Waals surface area contributed by atoms with Crippen LogP contribution >= 0.6 is 0 Å². The number of nitrogens with one attached hydrogen (secondary N) is 1. The van der Waals surface area contributed by atoms with Gasteiger partial charge in [-0.25, -0.2) is 0 Å². The molecule has 0 radical (unpaired) electrons. The molecule has 0 aromatic heterocycles. The number of rotatable bonds is 7. The second-order valence-corrected chi connectivity index (χ2v) is 4.58. The molecule has 2 N–H and O–H groups in total. The highest BCUT2D eigenvalue weighted by molar-refractivity contribution is 5.75. The van der Waals surface area contributed by atoms with E-state index >= 15 is 0 Å². The molecule has 1 unspecified atom stereocenters. The molecular formula is C12H23NO3. The summed E-state index contributed by atoms with van der Waals surface area (Å²) in [6.07, 6.45) is 4.51. The first-order valence-electron chi connectivity index (χ1n) is 6.23. The van der Waals surface area contributed by atoms with Gasteiger partial charge in [-0.15, -0.1) is 0 Å².